The highest BCUT2D eigenvalue weighted by Crippen LogP contribution is 2.28. The Balaban J connectivity index is 2.05. The van der Waals surface area contributed by atoms with Gasteiger partial charge in [-0.2, -0.15) is 0 Å². The molecule has 0 amide bonds. The Labute approximate surface area is 93.3 Å². The fourth-order valence-corrected chi connectivity index (χ4v) is 1.80. The van der Waals surface area contributed by atoms with Crippen molar-refractivity contribution < 1.29 is 19.4 Å². The third kappa shape index (κ3) is 2.43. The van der Waals surface area contributed by atoms with E-state index in [1.54, 1.807) is 0 Å². The highest BCUT2D eigenvalue weighted by molar-refractivity contribution is 5.88. The largest absolute Gasteiger partial charge is 0.478 e. The number of hydrogen-bond acceptors (Lipinski definition) is 4. The number of carbonyl (C=O) groups is 1. The van der Waals surface area contributed by atoms with Crippen molar-refractivity contribution in [1.82, 2.24) is 4.90 Å². The maximum absolute atomic E-state index is 10.9. The van der Waals surface area contributed by atoms with Crippen LogP contribution in [0.4, 0.5) is 0 Å². The minimum absolute atomic E-state index is 0.0829. The maximum atomic E-state index is 10.9. The van der Waals surface area contributed by atoms with E-state index >= 15 is 0 Å². The lowest BCUT2D eigenvalue weighted by Gasteiger charge is -2.19. The summed E-state index contributed by atoms with van der Waals surface area (Å²) in [6.45, 7) is 1.10. The number of aliphatic hydroxyl groups is 1. The zero-order valence-electron chi connectivity index (χ0n) is 8.93. The second kappa shape index (κ2) is 4.67. The fourth-order valence-electron chi connectivity index (χ4n) is 1.80. The summed E-state index contributed by atoms with van der Waals surface area (Å²) < 4.78 is 5.18. The highest BCUT2D eigenvalue weighted by Gasteiger charge is 2.30. The second-order valence-electron chi connectivity index (χ2n) is 3.99. The SMILES string of the molecule is O=C(O)c1ccoc1CN(CCO)C1CC1. The average Bonchev–Trinajstić information content (AvgIpc) is 2.98. The summed E-state index contributed by atoms with van der Waals surface area (Å²) >= 11 is 0. The number of aromatic carboxylic acids is 1. The summed E-state index contributed by atoms with van der Waals surface area (Å²) in [6, 6.07) is 1.93. The quantitative estimate of drug-likeness (QED) is 0.753. The number of furan rings is 1. The van der Waals surface area contributed by atoms with Crippen LogP contribution in [0.1, 0.15) is 29.0 Å². The van der Waals surface area contributed by atoms with Crippen molar-refractivity contribution in [2.24, 2.45) is 0 Å². The van der Waals surface area contributed by atoms with Crippen LogP contribution in [-0.4, -0.2) is 40.3 Å². The van der Waals surface area contributed by atoms with Gasteiger partial charge in [-0.25, -0.2) is 4.79 Å². The molecule has 0 unspecified atom stereocenters. The van der Waals surface area contributed by atoms with Gasteiger partial charge >= 0.3 is 5.97 Å². The molecular formula is C11H15NO4. The first-order chi connectivity index (χ1) is 7.72. The van der Waals surface area contributed by atoms with Crippen molar-refractivity contribution in [2.45, 2.75) is 25.4 Å². The molecule has 1 aliphatic rings. The standard InChI is InChI=1S/C11H15NO4/c13-5-4-12(8-1-2-8)7-10-9(11(14)15)3-6-16-10/h3,6,8,13H,1-2,4-5,7H2,(H,14,15). The van der Waals surface area contributed by atoms with Gasteiger partial charge in [-0.3, -0.25) is 4.90 Å². The van der Waals surface area contributed by atoms with Crippen LogP contribution >= 0.6 is 0 Å². The normalized spacial score (nSPS) is 15.6. The van der Waals surface area contributed by atoms with E-state index in [2.05, 4.69) is 4.90 Å². The Hall–Kier alpha value is -1.33. The van der Waals surface area contributed by atoms with Crippen LogP contribution in [0.15, 0.2) is 16.7 Å². The molecule has 0 spiro atoms. The predicted molar refractivity (Wildman–Crippen MR) is 56.2 cm³/mol. The zero-order valence-corrected chi connectivity index (χ0v) is 8.93. The Morgan fingerprint density at radius 3 is 2.88 bits per heavy atom. The summed E-state index contributed by atoms with van der Waals surface area (Å²) in [4.78, 5) is 12.9. The van der Waals surface area contributed by atoms with Crippen LogP contribution in [0.25, 0.3) is 0 Å². The van der Waals surface area contributed by atoms with Crippen molar-refractivity contribution in [1.29, 1.82) is 0 Å². The first-order valence-electron chi connectivity index (χ1n) is 5.37. The van der Waals surface area contributed by atoms with Gasteiger partial charge in [0, 0.05) is 12.6 Å². The number of carboxylic acids is 1. The molecule has 0 aromatic carbocycles. The lowest BCUT2D eigenvalue weighted by molar-refractivity contribution is 0.0692. The van der Waals surface area contributed by atoms with E-state index in [0.717, 1.165) is 12.8 Å². The van der Waals surface area contributed by atoms with E-state index < -0.39 is 5.97 Å². The van der Waals surface area contributed by atoms with Crippen molar-refractivity contribution in [2.75, 3.05) is 13.2 Å². The summed E-state index contributed by atoms with van der Waals surface area (Å²) in [5.41, 5.74) is 0.212. The van der Waals surface area contributed by atoms with Crippen molar-refractivity contribution in [3.63, 3.8) is 0 Å². The summed E-state index contributed by atoms with van der Waals surface area (Å²) in [5.74, 6) is -0.503. The molecule has 0 bridgehead atoms. The monoisotopic (exact) mass is 225 g/mol. The first-order valence-corrected chi connectivity index (χ1v) is 5.37. The number of nitrogens with zero attached hydrogens (tertiary/aromatic N) is 1. The molecule has 1 aromatic heterocycles. The van der Waals surface area contributed by atoms with Gasteiger partial charge in [-0.1, -0.05) is 0 Å². The second-order valence-corrected chi connectivity index (χ2v) is 3.99. The highest BCUT2D eigenvalue weighted by atomic mass is 16.4. The van der Waals surface area contributed by atoms with Crippen molar-refractivity contribution in [3.8, 4) is 0 Å². The summed E-state index contributed by atoms with van der Waals surface area (Å²) in [5, 5.41) is 17.9. The summed E-state index contributed by atoms with van der Waals surface area (Å²) in [7, 11) is 0. The minimum Gasteiger partial charge on any atom is -0.478 e. The Morgan fingerprint density at radius 2 is 2.31 bits per heavy atom. The number of carboxylic acid groups (broad SMARTS) is 1. The fraction of sp³-hybridized carbons (Fsp3) is 0.545. The van der Waals surface area contributed by atoms with Gasteiger partial charge in [0.15, 0.2) is 0 Å². The minimum atomic E-state index is -0.969. The molecule has 0 saturated heterocycles. The van der Waals surface area contributed by atoms with Gasteiger partial charge in [-0.05, 0) is 18.9 Å². The Bertz CT molecular complexity index is 370. The molecule has 1 aliphatic carbocycles. The van der Waals surface area contributed by atoms with Gasteiger partial charge in [0.25, 0.3) is 0 Å². The molecule has 5 heteroatoms. The van der Waals surface area contributed by atoms with Gasteiger partial charge in [0.2, 0.25) is 0 Å². The molecule has 0 radical (unpaired) electrons. The Kier molecular flexibility index (Phi) is 3.26. The molecule has 2 N–H and O–H groups in total. The van der Waals surface area contributed by atoms with Gasteiger partial charge in [-0.15, -0.1) is 0 Å². The van der Waals surface area contributed by atoms with Gasteiger partial charge in [0.1, 0.15) is 11.3 Å². The maximum Gasteiger partial charge on any atom is 0.339 e. The van der Waals surface area contributed by atoms with E-state index in [1.807, 2.05) is 0 Å². The summed E-state index contributed by atoms with van der Waals surface area (Å²) in [6.07, 6.45) is 3.62. The van der Waals surface area contributed by atoms with Crippen LogP contribution in [0.2, 0.25) is 0 Å². The lowest BCUT2D eigenvalue weighted by atomic mass is 10.2. The molecule has 0 aliphatic heterocycles. The first kappa shape index (κ1) is 11.2. The molecule has 2 rings (SSSR count). The predicted octanol–water partition coefficient (Wildman–Crippen LogP) is 0.935. The third-order valence-corrected chi connectivity index (χ3v) is 2.77. The molecular weight excluding hydrogens is 210 g/mol. The van der Waals surface area contributed by atoms with E-state index in [0.29, 0.717) is 24.9 Å². The van der Waals surface area contributed by atoms with Crippen molar-refractivity contribution in [3.05, 3.63) is 23.7 Å². The number of hydrogen-bond donors (Lipinski definition) is 2. The van der Waals surface area contributed by atoms with Gasteiger partial charge < -0.3 is 14.6 Å². The lowest BCUT2D eigenvalue weighted by Crippen LogP contribution is -2.29. The van der Waals surface area contributed by atoms with Crippen molar-refractivity contribution >= 4 is 5.97 Å². The molecule has 1 aromatic rings. The number of rotatable bonds is 6. The van der Waals surface area contributed by atoms with E-state index in [1.165, 1.54) is 12.3 Å². The molecule has 88 valence electrons. The van der Waals surface area contributed by atoms with Crippen LogP contribution in [0, 0.1) is 0 Å². The van der Waals surface area contributed by atoms with Crippen LogP contribution in [0.3, 0.4) is 0 Å². The smallest absolute Gasteiger partial charge is 0.339 e. The topological polar surface area (TPSA) is 73.9 Å². The van der Waals surface area contributed by atoms with Gasteiger partial charge in [0.05, 0.1) is 19.4 Å². The molecule has 1 heterocycles. The molecule has 1 saturated carbocycles. The molecule has 5 nitrogen and oxygen atoms in total. The van der Waals surface area contributed by atoms with Crippen LogP contribution in [-0.2, 0) is 6.54 Å². The van der Waals surface area contributed by atoms with Crippen LogP contribution < -0.4 is 0 Å². The molecule has 0 atom stereocenters. The molecule has 16 heavy (non-hydrogen) atoms. The number of aliphatic hydroxyl groups excluding tert-OH is 1. The average molecular weight is 225 g/mol. The van der Waals surface area contributed by atoms with E-state index in [4.69, 9.17) is 14.6 Å². The third-order valence-electron chi connectivity index (χ3n) is 2.77. The zero-order chi connectivity index (χ0) is 11.5. The van der Waals surface area contributed by atoms with E-state index in [-0.39, 0.29) is 12.2 Å². The van der Waals surface area contributed by atoms with E-state index in [9.17, 15) is 4.79 Å². The molecule has 1 fully saturated rings. The van der Waals surface area contributed by atoms with Crippen LogP contribution in [0.5, 0.6) is 0 Å². The Morgan fingerprint density at radius 1 is 1.56 bits per heavy atom.